The van der Waals surface area contributed by atoms with Gasteiger partial charge in [-0.15, -0.1) is 0 Å². The fraction of sp³-hybridized carbons (Fsp3) is 0.286. The van der Waals surface area contributed by atoms with Crippen molar-refractivity contribution in [2.45, 2.75) is 30.7 Å². The molecule has 3 aromatic rings. The molecule has 0 aliphatic carbocycles. The first kappa shape index (κ1) is 21.9. The first-order valence-corrected chi connectivity index (χ1v) is 9.50. The van der Waals surface area contributed by atoms with Crippen LogP contribution in [0.1, 0.15) is 0 Å². The second kappa shape index (κ2) is 8.30. The molecule has 170 valence electrons. The van der Waals surface area contributed by atoms with Crippen molar-refractivity contribution in [1.82, 2.24) is 0 Å². The molecular weight excluding hydrogens is 428 g/mol. The predicted octanol–water partition coefficient (Wildman–Crippen LogP) is -0.244. The molecule has 0 spiro atoms. The van der Waals surface area contributed by atoms with Crippen LogP contribution in [0.4, 0.5) is 0 Å². The van der Waals surface area contributed by atoms with E-state index in [-0.39, 0.29) is 28.2 Å². The molecule has 2 aromatic carbocycles. The highest BCUT2D eigenvalue weighted by Gasteiger charge is 2.43. The Morgan fingerprint density at radius 3 is 2.25 bits per heavy atom. The minimum Gasteiger partial charge on any atom is -0.508 e. The van der Waals surface area contributed by atoms with Gasteiger partial charge in [-0.1, -0.05) is 0 Å². The lowest BCUT2D eigenvalue weighted by Crippen LogP contribution is -2.58. The van der Waals surface area contributed by atoms with Crippen molar-refractivity contribution in [2.24, 2.45) is 0 Å². The summed E-state index contributed by atoms with van der Waals surface area (Å²) >= 11 is 0. The highest BCUT2D eigenvalue weighted by Crippen LogP contribution is 2.36. The molecule has 11 nitrogen and oxygen atoms in total. The zero-order valence-corrected chi connectivity index (χ0v) is 16.3. The fourth-order valence-electron chi connectivity index (χ4n) is 3.44. The number of hydrogen-bond donors (Lipinski definition) is 7. The maximum absolute atomic E-state index is 13.1. The average molecular weight is 448 g/mol. The molecule has 1 fully saturated rings. The Morgan fingerprint density at radius 2 is 1.56 bits per heavy atom. The van der Waals surface area contributed by atoms with Gasteiger partial charge in [0.2, 0.25) is 11.2 Å². The Labute approximate surface area is 179 Å². The lowest BCUT2D eigenvalue weighted by molar-refractivity contribution is -0.285. The molecule has 2 heterocycles. The molecular formula is C21H20O11. The van der Waals surface area contributed by atoms with Crippen LogP contribution < -0.4 is 10.2 Å². The predicted molar refractivity (Wildman–Crippen MR) is 107 cm³/mol. The fourth-order valence-corrected chi connectivity index (χ4v) is 3.44. The summed E-state index contributed by atoms with van der Waals surface area (Å²) in [5, 5.41) is 68.4. The van der Waals surface area contributed by atoms with Crippen molar-refractivity contribution in [3.05, 3.63) is 46.6 Å². The molecule has 0 saturated carbocycles. The van der Waals surface area contributed by atoms with E-state index < -0.39 is 54.2 Å². The SMILES string of the molecule is O=c1c(OCC2OC(O)C(O)C(O)C2O)c(-c2ccc(O)cc2)oc2cc(O)cc(O)c12. The van der Waals surface area contributed by atoms with Crippen molar-refractivity contribution in [3.8, 4) is 34.3 Å². The third-order valence-corrected chi connectivity index (χ3v) is 5.13. The van der Waals surface area contributed by atoms with Crippen LogP contribution in [0.5, 0.6) is 23.0 Å². The molecule has 0 radical (unpaired) electrons. The Hall–Kier alpha value is -3.35. The molecule has 7 N–H and O–H groups in total. The molecule has 11 heteroatoms. The number of ether oxygens (including phenoxy) is 2. The van der Waals surface area contributed by atoms with Gasteiger partial charge in [-0.25, -0.2) is 0 Å². The van der Waals surface area contributed by atoms with Gasteiger partial charge in [-0.05, 0) is 24.3 Å². The highest BCUT2D eigenvalue weighted by molar-refractivity contribution is 5.88. The van der Waals surface area contributed by atoms with Crippen molar-refractivity contribution < 1.29 is 49.6 Å². The maximum Gasteiger partial charge on any atom is 0.239 e. The molecule has 0 amide bonds. The summed E-state index contributed by atoms with van der Waals surface area (Å²) in [5.74, 6) is -1.45. The monoisotopic (exact) mass is 448 g/mol. The van der Waals surface area contributed by atoms with Gasteiger partial charge in [-0.3, -0.25) is 4.79 Å². The summed E-state index contributed by atoms with van der Waals surface area (Å²) in [6.07, 6.45) is -8.20. The Kier molecular flexibility index (Phi) is 5.67. The molecule has 4 rings (SSSR count). The lowest BCUT2D eigenvalue weighted by Gasteiger charge is -2.38. The van der Waals surface area contributed by atoms with E-state index in [9.17, 15) is 40.5 Å². The van der Waals surface area contributed by atoms with E-state index in [2.05, 4.69) is 0 Å². The molecule has 5 atom stereocenters. The first-order chi connectivity index (χ1) is 15.2. The highest BCUT2D eigenvalue weighted by atomic mass is 16.6. The molecule has 1 aromatic heterocycles. The van der Waals surface area contributed by atoms with Crippen LogP contribution in [0.15, 0.2) is 45.6 Å². The van der Waals surface area contributed by atoms with E-state index >= 15 is 0 Å². The third-order valence-electron chi connectivity index (χ3n) is 5.13. The van der Waals surface area contributed by atoms with Gasteiger partial charge in [0.15, 0.2) is 12.1 Å². The van der Waals surface area contributed by atoms with Crippen LogP contribution in [-0.2, 0) is 4.74 Å². The van der Waals surface area contributed by atoms with Gasteiger partial charge in [-0.2, -0.15) is 0 Å². The molecule has 32 heavy (non-hydrogen) atoms. The Bertz CT molecular complexity index is 1190. The van der Waals surface area contributed by atoms with E-state index in [1.165, 1.54) is 24.3 Å². The number of phenolic OH excluding ortho intramolecular Hbond substituents is 3. The second-order valence-corrected chi connectivity index (χ2v) is 7.32. The average Bonchev–Trinajstić information content (AvgIpc) is 2.74. The van der Waals surface area contributed by atoms with Crippen molar-refractivity contribution in [1.29, 1.82) is 0 Å². The smallest absolute Gasteiger partial charge is 0.239 e. The van der Waals surface area contributed by atoms with Gasteiger partial charge < -0.3 is 49.6 Å². The van der Waals surface area contributed by atoms with E-state index in [0.717, 1.165) is 12.1 Å². The van der Waals surface area contributed by atoms with E-state index in [1.54, 1.807) is 0 Å². The maximum atomic E-state index is 13.1. The quantitative estimate of drug-likeness (QED) is 0.279. The summed E-state index contributed by atoms with van der Waals surface area (Å²) in [6, 6.07) is 7.63. The van der Waals surface area contributed by atoms with Crippen LogP contribution in [0.2, 0.25) is 0 Å². The Balaban J connectivity index is 1.78. The van der Waals surface area contributed by atoms with E-state index in [1.807, 2.05) is 0 Å². The van der Waals surface area contributed by atoms with E-state index in [0.29, 0.717) is 5.56 Å². The number of phenols is 3. The van der Waals surface area contributed by atoms with Gasteiger partial charge >= 0.3 is 0 Å². The zero-order chi connectivity index (χ0) is 23.2. The number of benzene rings is 2. The summed E-state index contributed by atoms with van der Waals surface area (Å²) in [7, 11) is 0. The molecule has 1 aliphatic heterocycles. The van der Waals surface area contributed by atoms with Crippen LogP contribution in [0.3, 0.4) is 0 Å². The number of aliphatic hydroxyl groups excluding tert-OH is 4. The topological polar surface area (TPSA) is 190 Å². The summed E-state index contributed by atoms with van der Waals surface area (Å²) < 4.78 is 16.3. The second-order valence-electron chi connectivity index (χ2n) is 7.32. The molecule has 1 aliphatic rings. The third kappa shape index (κ3) is 3.83. The lowest BCUT2D eigenvalue weighted by atomic mass is 9.99. The summed E-state index contributed by atoms with van der Waals surface area (Å²) in [6.45, 7) is -0.539. The number of aromatic hydroxyl groups is 3. The number of hydrogen-bond acceptors (Lipinski definition) is 11. The van der Waals surface area contributed by atoms with Crippen molar-refractivity contribution in [2.75, 3.05) is 6.61 Å². The number of rotatable bonds is 4. The minimum atomic E-state index is -1.79. The van der Waals surface area contributed by atoms with E-state index in [4.69, 9.17) is 13.9 Å². The normalized spacial score (nSPS) is 25.7. The summed E-state index contributed by atoms with van der Waals surface area (Å²) in [4.78, 5) is 13.1. The van der Waals surface area contributed by atoms with Crippen LogP contribution in [0, 0.1) is 0 Å². The van der Waals surface area contributed by atoms with Gasteiger partial charge in [0.25, 0.3) is 0 Å². The zero-order valence-electron chi connectivity index (χ0n) is 16.3. The van der Waals surface area contributed by atoms with Gasteiger partial charge in [0.05, 0.1) is 0 Å². The minimum absolute atomic E-state index is 0.0464. The van der Waals surface area contributed by atoms with Gasteiger partial charge in [0.1, 0.15) is 59.2 Å². The van der Waals surface area contributed by atoms with Crippen molar-refractivity contribution >= 4 is 11.0 Å². The Morgan fingerprint density at radius 1 is 0.875 bits per heavy atom. The number of aliphatic hydroxyl groups is 4. The number of fused-ring (bicyclic) bond motifs is 1. The standard InChI is InChI=1S/C21H20O11/c22-9-3-1-8(2-4-9)19-20(16(26)14-11(24)5-10(23)6-12(14)31-19)30-7-13-15(25)17(27)18(28)21(29)32-13/h1-6,13,15,17-18,21-25,27-29H,7H2. The van der Waals surface area contributed by atoms with Crippen molar-refractivity contribution in [3.63, 3.8) is 0 Å². The van der Waals surface area contributed by atoms with Crippen LogP contribution in [-0.4, -0.2) is 73.1 Å². The van der Waals surface area contributed by atoms with Crippen LogP contribution in [0.25, 0.3) is 22.3 Å². The molecule has 1 saturated heterocycles. The van der Waals surface area contributed by atoms with Crippen LogP contribution >= 0.6 is 0 Å². The molecule has 0 bridgehead atoms. The summed E-state index contributed by atoms with van der Waals surface area (Å²) in [5.41, 5.74) is -0.635. The van der Waals surface area contributed by atoms with Gasteiger partial charge in [0, 0.05) is 17.7 Å². The first-order valence-electron chi connectivity index (χ1n) is 9.50. The molecule has 5 unspecified atom stereocenters. The largest absolute Gasteiger partial charge is 0.508 e.